The third-order valence-corrected chi connectivity index (χ3v) is 4.13. The van der Waals surface area contributed by atoms with Gasteiger partial charge in [-0.05, 0) is 43.6 Å². The molecule has 20 heavy (non-hydrogen) atoms. The second kappa shape index (κ2) is 7.12. The molecule has 1 saturated carbocycles. The molecule has 1 N–H and O–H groups in total. The first-order valence-electron chi connectivity index (χ1n) is 7.55. The molecule has 120 valence electrons. The third-order valence-electron chi connectivity index (χ3n) is 4.13. The van der Waals surface area contributed by atoms with Crippen LogP contribution in [-0.2, 0) is 4.74 Å². The molecular formula is C15H28F3NO. The Morgan fingerprint density at radius 1 is 1.15 bits per heavy atom. The van der Waals surface area contributed by atoms with Gasteiger partial charge in [0.2, 0.25) is 0 Å². The van der Waals surface area contributed by atoms with Crippen LogP contribution in [0.5, 0.6) is 0 Å². The molecule has 1 aliphatic rings. The molecule has 5 heteroatoms. The maximum atomic E-state index is 12.4. The molecule has 0 radical (unpaired) electrons. The lowest BCUT2D eigenvalue weighted by Gasteiger charge is -2.42. The first kappa shape index (κ1) is 17.8. The van der Waals surface area contributed by atoms with Crippen LogP contribution in [0.25, 0.3) is 0 Å². The van der Waals surface area contributed by atoms with Gasteiger partial charge in [-0.25, -0.2) is 0 Å². The summed E-state index contributed by atoms with van der Waals surface area (Å²) in [5, 5.41) is 3.34. The summed E-state index contributed by atoms with van der Waals surface area (Å²) in [6.07, 6.45) is -0.946. The van der Waals surface area contributed by atoms with E-state index in [1.54, 1.807) is 0 Å². The lowest BCUT2D eigenvalue weighted by molar-refractivity contribution is -0.193. The number of ether oxygens (including phenoxy) is 1. The van der Waals surface area contributed by atoms with E-state index in [0.29, 0.717) is 12.3 Å². The van der Waals surface area contributed by atoms with Crippen LogP contribution in [0.1, 0.15) is 53.4 Å². The Bertz CT molecular complexity index is 286. The number of hydrogen-bond acceptors (Lipinski definition) is 2. The highest BCUT2D eigenvalue weighted by atomic mass is 19.4. The number of rotatable bonds is 5. The van der Waals surface area contributed by atoms with Gasteiger partial charge in [-0.1, -0.05) is 27.7 Å². The molecule has 3 atom stereocenters. The monoisotopic (exact) mass is 295 g/mol. The minimum Gasteiger partial charge on any atom is -0.367 e. The molecule has 0 saturated heterocycles. The molecule has 0 aliphatic heterocycles. The Morgan fingerprint density at radius 2 is 1.80 bits per heavy atom. The Kier molecular flexibility index (Phi) is 6.32. The van der Waals surface area contributed by atoms with Crippen LogP contribution in [0, 0.1) is 11.3 Å². The average molecular weight is 295 g/mol. The highest BCUT2D eigenvalue weighted by Gasteiger charge is 2.38. The number of alkyl halides is 3. The minimum absolute atomic E-state index is 0.0518. The molecule has 1 fully saturated rings. The van der Waals surface area contributed by atoms with Gasteiger partial charge in [0.15, 0.2) is 0 Å². The normalized spacial score (nSPS) is 28.6. The zero-order chi connectivity index (χ0) is 15.4. The topological polar surface area (TPSA) is 21.3 Å². The van der Waals surface area contributed by atoms with Crippen LogP contribution in [0.2, 0.25) is 0 Å². The van der Waals surface area contributed by atoms with E-state index in [-0.39, 0.29) is 17.6 Å². The van der Waals surface area contributed by atoms with Crippen molar-refractivity contribution in [1.82, 2.24) is 5.32 Å². The number of hydrogen-bond donors (Lipinski definition) is 1. The summed E-state index contributed by atoms with van der Waals surface area (Å²) in [5.41, 5.74) is 0.121. The maximum Gasteiger partial charge on any atom is 0.411 e. The molecule has 0 amide bonds. The molecule has 0 aromatic carbocycles. The predicted octanol–water partition coefficient (Wildman–Crippen LogP) is 4.15. The Morgan fingerprint density at radius 3 is 2.30 bits per heavy atom. The van der Waals surface area contributed by atoms with E-state index in [1.807, 2.05) is 0 Å². The van der Waals surface area contributed by atoms with Crippen LogP contribution in [0.3, 0.4) is 0 Å². The molecular weight excluding hydrogens is 267 g/mol. The first-order chi connectivity index (χ1) is 9.13. The van der Waals surface area contributed by atoms with E-state index >= 15 is 0 Å². The first-order valence-corrected chi connectivity index (χ1v) is 7.55. The fraction of sp³-hybridized carbons (Fsp3) is 1.00. The van der Waals surface area contributed by atoms with Crippen molar-refractivity contribution in [2.24, 2.45) is 11.3 Å². The molecule has 0 bridgehead atoms. The van der Waals surface area contributed by atoms with Crippen LogP contribution in [0.4, 0.5) is 13.2 Å². The Hall–Kier alpha value is -0.290. The van der Waals surface area contributed by atoms with Crippen LogP contribution in [-0.4, -0.2) is 31.5 Å². The van der Waals surface area contributed by atoms with E-state index in [4.69, 9.17) is 4.74 Å². The maximum absolute atomic E-state index is 12.4. The summed E-state index contributed by atoms with van der Waals surface area (Å²) in [6, 6.07) is 0.0518. The molecule has 1 rings (SSSR count). The molecule has 0 aromatic rings. The average Bonchev–Trinajstić information content (AvgIpc) is 2.32. The lowest BCUT2D eigenvalue weighted by Crippen LogP contribution is -2.48. The van der Waals surface area contributed by atoms with Crippen molar-refractivity contribution in [1.29, 1.82) is 0 Å². The molecule has 2 nitrogen and oxygen atoms in total. The van der Waals surface area contributed by atoms with Crippen molar-refractivity contribution in [3.05, 3.63) is 0 Å². The lowest BCUT2D eigenvalue weighted by atomic mass is 9.70. The van der Waals surface area contributed by atoms with Gasteiger partial charge in [0.25, 0.3) is 0 Å². The summed E-state index contributed by atoms with van der Waals surface area (Å²) in [6.45, 7) is 8.20. The van der Waals surface area contributed by atoms with Gasteiger partial charge in [0.05, 0.1) is 6.10 Å². The summed E-state index contributed by atoms with van der Waals surface area (Å²) in [5.74, 6) is 0.417. The van der Waals surface area contributed by atoms with E-state index in [2.05, 4.69) is 33.0 Å². The Labute approximate surface area is 120 Å². The summed E-state index contributed by atoms with van der Waals surface area (Å²) in [7, 11) is 0. The molecule has 3 unspecified atom stereocenters. The number of halogens is 3. The van der Waals surface area contributed by atoms with Gasteiger partial charge < -0.3 is 10.1 Å². The summed E-state index contributed by atoms with van der Waals surface area (Å²) in [4.78, 5) is 0. The van der Waals surface area contributed by atoms with Crippen molar-refractivity contribution < 1.29 is 17.9 Å². The fourth-order valence-electron chi connectivity index (χ4n) is 2.86. The molecule has 0 heterocycles. The molecule has 0 spiro atoms. The van der Waals surface area contributed by atoms with E-state index in [0.717, 1.165) is 25.8 Å². The smallest absolute Gasteiger partial charge is 0.367 e. The molecule has 1 aliphatic carbocycles. The second-order valence-corrected chi connectivity index (χ2v) is 6.90. The zero-order valence-electron chi connectivity index (χ0n) is 13.0. The highest BCUT2D eigenvalue weighted by molar-refractivity contribution is 4.90. The predicted molar refractivity (Wildman–Crippen MR) is 74.7 cm³/mol. The van der Waals surface area contributed by atoms with Crippen molar-refractivity contribution in [2.45, 2.75) is 71.7 Å². The van der Waals surface area contributed by atoms with Crippen molar-refractivity contribution in [3.8, 4) is 0 Å². The van der Waals surface area contributed by atoms with Crippen LogP contribution in [0.15, 0.2) is 0 Å². The van der Waals surface area contributed by atoms with Crippen LogP contribution >= 0.6 is 0 Å². The second-order valence-electron chi connectivity index (χ2n) is 6.90. The van der Waals surface area contributed by atoms with Gasteiger partial charge in [0, 0.05) is 6.04 Å². The SMILES string of the molecule is CCCNC1CCC(C(C)(C)C)CC1OCC(F)(F)F. The fourth-order valence-corrected chi connectivity index (χ4v) is 2.86. The third kappa shape index (κ3) is 6.00. The van der Waals surface area contributed by atoms with Gasteiger partial charge in [-0.15, -0.1) is 0 Å². The van der Waals surface area contributed by atoms with Crippen molar-refractivity contribution >= 4 is 0 Å². The largest absolute Gasteiger partial charge is 0.411 e. The summed E-state index contributed by atoms with van der Waals surface area (Å²) < 4.78 is 42.3. The van der Waals surface area contributed by atoms with Crippen LogP contribution < -0.4 is 5.32 Å². The van der Waals surface area contributed by atoms with Gasteiger partial charge in [0.1, 0.15) is 6.61 Å². The zero-order valence-corrected chi connectivity index (χ0v) is 13.0. The van der Waals surface area contributed by atoms with Gasteiger partial charge >= 0.3 is 6.18 Å². The van der Waals surface area contributed by atoms with Gasteiger partial charge in [-0.3, -0.25) is 0 Å². The van der Waals surface area contributed by atoms with E-state index in [9.17, 15) is 13.2 Å². The molecule has 0 aromatic heterocycles. The number of nitrogens with one attached hydrogen (secondary N) is 1. The standard InChI is InChI=1S/C15H28F3NO/c1-5-8-19-12-7-6-11(14(2,3)4)9-13(12)20-10-15(16,17)18/h11-13,19H,5-10H2,1-4H3. The van der Waals surface area contributed by atoms with Crippen molar-refractivity contribution in [2.75, 3.05) is 13.2 Å². The minimum atomic E-state index is -4.25. The highest BCUT2D eigenvalue weighted by Crippen LogP contribution is 2.39. The van der Waals surface area contributed by atoms with E-state index in [1.165, 1.54) is 0 Å². The quantitative estimate of drug-likeness (QED) is 0.822. The van der Waals surface area contributed by atoms with E-state index < -0.39 is 12.8 Å². The van der Waals surface area contributed by atoms with Gasteiger partial charge in [-0.2, -0.15) is 13.2 Å². The van der Waals surface area contributed by atoms with Crippen molar-refractivity contribution in [3.63, 3.8) is 0 Å². The Balaban J connectivity index is 2.62. The summed E-state index contributed by atoms with van der Waals surface area (Å²) >= 11 is 0.